The maximum absolute atomic E-state index is 12.2. The average Bonchev–Trinajstić information content (AvgIpc) is 2.76. The van der Waals surface area contributed by atoms with Gasteiger partial charge in [-0.25, -0.2) is 0 Å². The van der Waals surface area contributed by atoms with Gasteiger partial charge in [-0.05, 0) is 14.0 Å². The first kappa shape index (κ1) is 12.0. The summed E-state index contributed by atoms with van der Waals surface area (Å²) in [6.07, 6.45) is 1.12. The van der Waals surface area contributed by atoms with Crippen LogP contribution in [0.15, 0.2) is 10.9 Å². The van der Waals surface area contributed by atoms with Crippen LogP contribution in [0.1, 0.15) is 12.7 Å². The van der Waals surface area contributed by atoms with Gasteiger partial charge in [0.15, 0.2) is 5.82 Å². The minimum Gasteiger partial charge on any atom is -0.374 e. The number of likely N-dealkylation sites (N-methyl/N-ethyl adjacent to an activating group) is 1. The van der Waals surface area contributed by atoms with Crippen LogP contribution in [0, 0.1) is 0 Å². The van der Waals surface area contributed by atoms with Crippen molar-refractivity contribution in [2.45, 2.75) is 25.6 Å². The molecule has 2 unspecified atom stereocenters. The summed E-state index contributed by atoms with van der Waals surface area (Å²) in [4.78, 5) is 17.8. The molecule has 17 heavy (non-hydrogen) atoms. The number of hydrogen-bond donors (Lipinski definition) is 1. The van der Waals surface area contributed by atoms with Crippen LogP contribution in [0.4, 0.5) is 0 Å². The highest BCUT2D eigenvalue weighted by molar-refractivity contribution is 5.82. The highest BCUT2D eigenvalue weighted by Gasteiger charge is 2.32. The fourth-order valence-corrected chi connectivity index (χ4v) is 1.90. The normalized spacial score (nSPS) is 26.0. The largest absolute Gasteiger partial charge is 0.374 e. The monoisotopic (exact) mass is 240 g/mol. The number of nitrogens with zero attached hydrogens (tertiary/aromatic N) is 3. The van der Waals surface area contributed by atoms with Gasteiger partial charge in [0, 0.05) is 6.54 Å². The fourth-order valence-electron chi connectivity index (χ4n) is 1.90. The lowest BCUT2D eigenvalue weighted by molar-refractivity contribution is -0.134. The predicted octanol–water partition coefficient (Wildman–Crippen LogP) is -0.595. The third-order valence-corrected chi connectivity index (χ3v) is 2.84. The van der Waals surface area contributed by atoms with Crippen molar-refractivity contribution >= 4 is 5.91 Å². The Balaban J connectivity index is 2.08. The number of carbonyl (C=O) groups is 1. The number of nitrogens with one attached hydrogen (secondary N) is 1. The second-order valence-electron chi connectivity index (χ2n) is 3.95. The lowest BCUT2D eigenvalue weighted by Gasteiger charge is -2.23. The molecule has 0 bridgehead atoms. The van der Waals surface area contributed by atoms with E-state index in [4.69, 9.17) is 4.74 Å². The van der Waals surface area contributed by atoms with E-state index in [9.17, 15) is 4.79 Å². The molecule has 1 amide bonds. The summed E-state index contributed by atoms with van der Waals surface area (Å²) >= 11 is 0. The summed E-state index contributed by atoms with van der Waals surface area (Å²) in [5.41, 5.74) is 0. The predicted molar refractivity (Wildman–Crippen MR) is 58.0 cm³/mol. The van der Waals surface area contributed by atoms with Gasteiger partial charge in [0.25, 0.3) is 0 Å². The van der Waals surface area contributed by atoms with Crippen LogP contribution in [0.5, 0.6) is 0 Å². The molecule has 7 nitrogen and oxygen atoms in total. The van der Waals surface area contributed by atoms with Crippen LogP contribution < -0.4 is 5.32 Å². The van der Waals surface area contributed by atoms with Gasteiger partial charge in [0.2, 0.25) is 12.3 Å². The van der Waals surface area contributed by atoms with Crippen molar-refractivity contribution in [1.29, 1.82) is 0 Å². The number of carbonyl (C=O) groups excluding carboxylic acids is 1. The number of amides is 1. The quantitative estimate of drug-likeness (QED) is 0.760. The number of rotatable bonds is 3. The molecule has 1 saturated heterocycles. The molecule has 7 heteroatoms. The third-order valence-electron chi connectivity index (χ3n) is 2.84. The second-order valence-corrected chi connectivity index (χ2v) is 3.95. The Hall–Kier alpha value is -1.47. The summed E-state index contributed by atoms with van der Waals surface area (Å²) in [5, 5.41) is 6.68. The van der Waals surface area contributed by atoms with Crippen LogP contribution in [-0.2, 0) is 16.1 Å². The molecule has 1 aromatic heterocycles. The van der Waals surface area contributed by atoms with Crippen LogP contribution in [0.3, 0.4) is 0 Å². The molecule has 2 atom stereocenters. The van der Waals surface area contributed by atoms with Crippen molar-refractivity contribution in [1.82, 2.24) is 20.4 Å². The van der Waals surface area contributed by atoms with Gasteiger partial charge in [-0.1, -0.05) is 5.16 Å². The zero-order valence-electron chi connectivity index (χ0n) is 9.92. The Labute approximate surface area is 99.1 Å². The molecule has 0 aromatic carbocycles. The third kappa shape index (κ3) is 2.62. The molecule has 1 fully saturated rings. The van der Waals surface area contributed by atoms with E-state index in [0.717, 1.165) is 0 Å². The van der Waals surface area contributed by atoms with Gasteiger partial charge in [-0.15, -0.1) is 0 Å². The Morgan fingerprint density at radius 1 is 1.65 bits per heavy atom. The molecule has 1 aliphatic heterocycles. The Bertz CT molecular complexity index is 368. The Morgan fingerprint density at radius 3 is 3.12 bits per heavy atom. The fraction of sp³-hybridized carbons (Fsp3) is 0.700. The van der Waals surface area contributed by atoms with Gasteiger partial charge >= 0.3 is 0 Å². The molecule has 0 spiro atoms. The maximum atomic E-state index is 12.2. The summed E-state index contributed by atoms with van der Waals surface area (Å²) in [6.45, 7) is 3.29. The minimum absolute atomic E-state index is 0.00213. The van der Waals surface area contributed by atoms with Gasteiger partial charge in [-0.2, -0.15) is 4.98 Å². The molecule has 2 heterocycles. The van der Waals surface area contributed by atoms with Crippen molar-refractivity contribution in [2.75, 3.05) is 20.2 Å². The minimum atomic E-state index is -0.329. The summed E-state index contributed by atoms with van der Waals surface area (Å²) in [6, 6.07) is -0.329. The van der Waals surface area contributed by atoms with Gasteiger partial charge < -0.3 is 19.5 Å². The van der Waals surface area contributed by atoms with E-state index in [1.165, 1.54) is 6.39 Å². The van der Waals surface area contributed by atoms with Gasteiger partial charge in [0.1, 0.15) is 6.04 Å². The molecular formula is C10H16N4O3. The maximum Gasteiger partial charge on any atom is 0.242 e. The molecule has 2 rings (SSSR count). The number of ether oxygens (including phenoxy) is 1. The molecule has 1 N–H and O–H groups in total. The first-order valence-corrected chi connectivity index (χ1v) is 5.55. The lowest BCUT2D eigenvalue weighted by atomic mass is 10.1. The van der Waals surface area contributed by atoms with Crippen molar-refractivity contribution in [3.05, 3.63) is 12.2 Å². The standard InChI is InChI=1S/C10H16N4O3/c1-7-9(11-2)10(15)14(3-4-16-7)5-8-12-6-17-13-8/h6-7,9,11H,3-5H2,1-2H3. The van der Waals surface area contributed by atoms with E-state index >= 15 is 0 Å². The summed E-state index contributed by atoms with van der Waals surface area (Å²) < 4.78 is 10.2. The van der Waals surface area contributed by atoms with Crippen LogP contribution in [0.25, 0.3) is 0 Å². The number of aromatic nitrogens is 2. The smallest absolute Gasteiger partial charge is 0.242 e. The Kier molecular flexibility index (Phi) is 3.70. The zero-order valence-corrected chi connectivity index (χ0v) is 9.92. The zero-order chi connectivity index (χ0) is 12.3. The van der Waals surface area contributed by atoms with E-state index in [1.54, 1.807) is 11.9 Å². The first-order chi connectivity index (χ1) is 8.22. The van der Waals surface area contributed by atoms with E-state index in [1.807, 2.05) is 6.92 Å². The molecule has 0 radical (unpaired) electrons. The molecule has 1 aliphatic rings. The highest BCUT2D eigenvalue weighted by Crippen LogP contribution is 2.11. The highest BCUT2D eigenvalue weighted by atomic mass is 16.5. The lowest BCUT2D eigenvalue weighted by Crippen LogP contribution is -2.48. The van der Waals surface area contributed by atoms with Crippen molar-refractivity contribution < 1.29 is 14.1 Å². The van der Waals surface area contributed by atoms with Gasteiger partial charge in [0.05, 0.1) is 19.3 Å². The van der Waals surface area contributed by atoms with Crippen molar-refractivity contribution in [3.8, 4) is 0 Å². The van der Waals surface area contributed by atoms with Gasteiger partial charge in [-0.3, -0.25) is 4.79 Å². The van der Waals surface area contributed by atoms with E-state index in [2.05, 4.69) is 20.0 Å². The average molecular weight is 240 g/mol. The van der Waals surface area contributed by atoms with Crippen molar-refractivity contribution in [2.24, 2.45) is 0 Å². The van der Waals surface area contributed by atoms with E-state index in [0.29, 0.717) is 25.5 Å². The molecule has 0 saturated carbocycles. The molecular weight excluding hydrogens is 224 g/mol. The van der Waals surface area contributed by atoms with Crippen molar-refractivity contribution in [3.63, 3.8) is 0 Å². The van der Waals surface area contributed by atoms with E-state index in [-0.39, 0.29) is 18.1 Å². The topological polar surface area (TPSA) is 80.5 Å². The molecule has 0 aliphatic carbocycles. The molecule has 94 valence electrons. The number of hydrogen-bond acceptors (Lipinski definition) is 6. The van der Waals surface area contributed by atoms with Crippen LogP contribution in [0.2, 0.25) is 0 Å². The van der Waals surface area contributed by atoms with Crippen LogP contribution in [-0.4, -0.2) is 53.3 Å². The SMILES string of the molecule is CNC1C(=O)N(Cc2ncon2)CCOC1C. The first-order valence-electron chi connectivity index (χ1n) is 5.55. The van der Waals surface area contributed by atoms with Crippen LogP contribution >= 0.6 is 0 Å². The van der Waals surface area contributed by atoms with E-state index < -0.39 is 0 Å². The molecule has 1 aromatic rings. The summed E-state index contributed by atoms with van der Waals surface area (Å²) in [5.74, 6) is 0.505. The second kappa shape index (κ2) is 5.24. The summed E-state index contributed by atoms with van der Waals surface area (Å²) in [7, 11) is 1.75. The Morgan fingerprint density at radius 2 is 2.47 bits per heavy atom.